The van der Waals surface area contributed by atoms with E-state index >= 15 is 0 Å². The molecule has 0 aliphatic carbocycles. The van der Waals surface area contributed by atoms with Gasteiger partial charge in [0.1, 0.15) is 12.4 Å². The standard InChI is InChI=1S/C18H23BF2N2O5/c1-12(20)16(24)23-9-3-8-18(23,2)11-28-17(25)22-15(19(26)27)10-13-4-6-14(21)7-5-13/h4-7,15,26-27H,1,3,8-11H2,2H3,(H,22,25)/t15?,18-/m1/s1. The van der Waals surface area contributed by atoms with Crippen molar-refractivity contribution in [2.45, 2.75) is 37.7 Å². The van der Waals surface area contributed by atoms with Crippen LogP contribution >= 0.6 is 0 Å². The van der Waals surface area contributed by atoms with Crippen LogP contribution in [0.3, 0.4) is 0 Å². The van der Waals surface area contributed by atoms with Gasteiger partial charge >= 0.3 is 13.2 Å². The summed E-state index contributed by atoms with van der Waals surface area (Å²) in [6.07, 6.45) is 0.264. The first-order valence-electron chi connectivity index (χ1n) is 8.82. The van der Waals surface area contributed by atoms with Crippen LogP contribution in [0.5, 0.6) is 0 Å². The van der Waals surface area contributed by atoms with E-state index in [0.717, 1.165) is 0 Å². The third-order valence-corrected chi connectivity index (χ3v) is 4.77. The predicted molar refractivity (Wildman–Crippen MR) is 98.2 cm³/mol. The molecule has 0 radical (unpaired) electrons. The Hall–Kier alpha value is -2.46. The number of halogens is 2. The van der Waals surface area contributed by atoms with Crippen LogP contribution in [0.4, 0.5) is 13.6 Å². The number of alkyl carbamates (subject to hydrolysis) is 1. The number of rotatable bonds is 7. The quantitative estimate of drug-likeness (QED) is 0.477. The van der Waals surface area contributed by atoms with E-state index in [1.54, 1.807) is 6.92 Å². The molecule has 28 heavy (non-hydrogen) atoms. The molecule has 1 aliphatic heterocycles. The molecule has 2 rings (SSSR count). The third kappa shape index (κ3) is 5.52. The minimum Gasteiger partial charge on any atom is -0.447 e. The normalized spacial score (nSPS) is 19.8. The van der Waals surface area contributed by atoms with Crippen LogP contribution in [0.15, 0.2) is 36.7 Å². The van der Waals surface area contributed by atoms with Gasteiger partial charge in [-0.2, -0.15) is 0 Å². The van der Waals surface area contributed by atoms with Crippen LogP contribution in [0, 0.1) is 5.82 Å². The van der Waals surface area contributed by atoms with Crippen molar-refractivity contribution in [3.63, 3.8) is 0 Å². The Morgan fingerprint density at radius 3 is 2.61 bits per heavy atom. The van der Waals surface area contributed by atoms with Crippen molar-refractivity contribution in [1.29, 1.82) is 0 Å². The highest BCUT2D eigenvalue weighted by Crippen LogP contribution is 2.30. The first-order valence-corrected chi connectivity index (χ1v) is 8.82. The minimum atomic E-state index is -1.87. The molecule has 10 heteroatoms. The van der Waals surface area contributed by atoms with E-state index in [4.69, 9.17) is 4.74 Å². The number of nitrogens with one attached hydrogen (secondary N) is 1. The molecule has 0 aromatic heterocycles. The summed E-state index contributed by atoms with van der Waals surface area (Å²) < 4.78 is 31.3. The molecule has 7 nitrogen and oxygen atoms in total. The molecule has 152 valence electrons. The van der Waals surface area contributed by atoms with E-state index in [-0.39, 0.29) is 13.0 Å². The van der Waals surface area contributed by atoms with Crippen molar-refractivity contribution in [2.24, 2.45) is 0 Å². The molecule has 1 fully saturated rings. The summed E-state index contributed by atoms with van der Waals surface area (Å²) in [4.78, 5) is 25.3. The van der Waals surface area contributed by atoms with Gasteiger partial charge in [-0.1, -0.05) is 18.7 Å². The zero-order chi connectivity index (χ0) is 20.9. The number of hydrogen-bond donors (Lipinski definition) is 3. The first-order chi connectivity index (χ1) is 13.1. The van der Waals surface area contributed by atoms with E-state index in [1.165, 1.54) is 29.2 Å². The lowest BCUT2D eigenvalue weighted by atomic mass is 9.76. The fourth-order valence-electron chi connectivity index (χ4n) is 3.19. The van der Waals surface area contributed by atoms with E-state index in [1.807, 2.05) is 0 Å². The highest BCUT2D eigenvalue weighted by atomic mass is 19.1. The molecule has 0 spiro atoms. The Kier molecular flexibility index (Phi) is 7.14. The largest absolute Gasteiger partial charge is 0.475 e. The molecule has 1 aromatic carbocycles. The predicted octanol–water partition coefficient (Wildman–Crippen LogP) is 1.34. The summed E-state index contributed by atoms with van der Waals surface area (Å²) in [5, 5.41) is 21.3. The van der Waals surface area contributed by atoms with Gasteiger partial charge < -0.3 is 25.0 Å². The maximum atomic E-state index is 13.2. The van der Waals surface area contributed by atoms with Crippen molar-refractivity contribution < 1.29 is 33.2 Å². The average molecular weight is 396 g/mol. The lowest BCUT2D eigenvalue weighted by Gasteiger charge is -2.34. The van der Waals surface area contributed by atoms with Crippen molar-refractivity contribution in [2.75, 3.05) is 13.2 Å². The second-order valence-electron chi connectivity index (χ2n) is 7.03. The maximum absolute atomic E-state index is 13.2. The van der Waals surface area contributed by atoms with Gasteiger partial charge in [0.05, 0.1) is 11.5 Å². The molecular weight excluding hydrogens is 373 g/mol. The number of ether oxygens (including phenoxy) is 1. The minimum absolute atomic E-state index is 0.0383. The van der Waals surface area contributed by atoms with Gasteiger partial charge in [-0.15, -0.1) is 0 Å². The lowest BCUT2D eigenvalue weighted by molar-refractivity contribution is -0.133. The fourth-order valence-corrected chi connectivity index (χ4v) is 3.19. The number of carbonyl (C=O) groups excluding carboxylic acids is 2. The van der Waals surface area contributed by atoms with Crippen molar-refractivity contribution in [3.8, 4) is 0 Å². The van der Waals surface area contributed by atoms with Crippen molar-refractivity contribution in [1.82, 2.24) is 10.2 Å². The number of nitrogens with zero attached hydrogens (tertiary/aromatic N) is 1. The molecule has 1 aliphatic rings. The zero-order valence-electron chi connectivity index (χ0n) is 15.5. The van der Waals surface area contributed by atoms with Gasteiger partial charge in [0.25, 0.3) is 5.91 Å². The SMILES string of the molecule is C=C(F)C(=O)N1CCC[C@]1(C)COC(=O)NC(Cc1ccc(F)cc1)B(O)O. The maximum Gasteiger partial charge on any atom is 0.475 e. The van der Waals surface area contributed by atoms with Crippen LogP contribution in [0.1, 0.15) is 25.3 Å². The summed E-state index contributed by atoms with van der Waals surface area (Å²) in [6, 6.07) is 5.37. The number of carbonyl (C=O) groups is 2. The van der Waals surface area contributed by atoms with Crippen LogP contribution in [0.25, 0.3) is 0 Å². The Balaban J connectivity index is 1.94. The van der Waals surface area contributed by atoms with Crippen LogP contribution in [-0.4, -0.2) is 58.7 Å². The first kappa shape index (κ1) is 21.8. The van der Waals surface area contributed by atoms with E-state index in [9.17, 15) is 28.4 Å². The molecule has 1 aromatic rings. The highest BCUT2D eigenvalue weighted by molar-refractivity contribution is 6.43. The van der Waals surface area contributed by atoms with Crippen LogP contribution in [-0.2, 0) is 16.0 Å². The lowest BCUT2D eigenvalue weighted by Crippen LogP contribution is -2.51. The molecule has 2 amide bonds. The number of hydrogen-bond acceptors (Lipinski definition) is 5. The summed E-state index contributed by atoms with van der Waals surface area (Å²) in [6.45, 7) is 4.81. The Labute approximate surface area is 162 Å². The van der Waals surface area contributed by atoms with Crippen LogP contribution in [0.2, 0.25) is 0 Å². The molecule has 0 saturated carbocycles. The van der Waals surface area contributed by atoms with Crippen LogP contribution < -0.4 is 5.32 Å². The highest BCUT2D eigenvalue weighted by Gasteiger charge is 2.41. The number of benzene rings is 1. The molecular formula is C18H23BF2N2O5. The second-order valence-corrected chi connectivity index (χ2v) is 7.03. The molecule has 0 bridgehead atoms. The van der Waals surface area contributed by atoms with Gasteiger partial charge in [-0.3, -0.25) is 4.79 Å². The van der Waals surface area contributed by atoms with Gasteiger partial charge in [0, 0.05) is 6.54 Å². The topological polar surface area (TPSA) is 99.1 Å². The molecule has 3 N–H and O–H groups in total. The fraction of sp³-hybridized carbons (Fsp3) is 0.444. The van der Waals surface area contributed by atoms with E-state index in [0.29, 0.717) is 24.9 Å². The molecule has 2 atom stereocenters. The summed E-state index contributed by atoms with van der Waals surface area (Å²) in [5.41, 5.74) is -0.297. The molecule has 1 heterocycles. The second kappa shape index (κ2) is 9.16. The van der Waals surface area contributed by atoms with Gasteiger partial charge in [0.15, 0.2) is 5.83 Å². The van der Waals surface area contributed by atoms with Gasteiger partial charge in [0.2, 0.25) is 0 Å². The molecule has 1 unspecified atom stereocenters. The van der Waals surface area contributed by atoms with Crippen molar-refractivity contribution in [3.05, 3.63) is 48.1 Å². The van der Waals surface area contributed by atoms with E-state index < -0.39 is 42.2 Å². The monoisotopic (exact) mass is 396 g/mol. The summed E-state index contributed by atoms with van der Waals surface area (Å²) in [7, 11) is -1.87. The smallest absolute Gasteiger partial charge is 0.447 e. The average Bonchev–Trinajstić information content (AvgIpc) is 3.02. The summed E-state index contributed by atoms with van der Waals surface area (Å²) in [5.74, 6) is -3.45. The Morgan fingerprint density at radius 2 is 2.04 bits per heavy atom. The Morgan fingerprint density at radius 1 is 1.39 bits per heavy atom. The summed E-state index contributed by atoms with van der Waals surface area (Å²) >= 11 is 0. The third-order valence-electron chi connectivity index (χ3n) is 4.77. The number of likely N-dealkylation sites (tertiary alicyclic amines) is 1. The zero-order valence-corrected chi connectivity index (χ0v) is 15.5. The van der Waals surface area contributed by atoms with Crippen molar-refractivity contribution >= 4 is 19.1 Å². The van der Waals surface area contributed by atoms with E-state index in [2.05, 4.69) is 11.9 Å². The molecule has 1 saturated heterocycles. The van der Waals surface area contributed by atoms with Gasteiger partial charge in [-0.25, -0.2) is 13.6 Å². The Bertz CT molecular complexity index is 731. The number of amides is 2. The van der Waals surface area contributed by atoms with Gasteiger partial charge in [-0.05, 0) is 43.9 Å².